The molecule has 0 saturated carbocycles. The number of rotatable bonds is 4. The van der Waals surface area contributed by atoms with E-state index in [1.165, 1.54) is 12.1 Å². The molecular weight excluding hydrogens is 408 g/mol. The molecule has 0 aliphatic rings. The number of carbonyl (C=O) groups is 2. The minimum Gasteiger partial charge on any atom is -0.478 e. The molecule has 2 aromatic rings. The molecule has 8 heteroatoms. The molecule has 0 unspecified atom stereocenters. The molecular formula is C13H10Br2N2O4. The Morgan fingerprint density at radius 3 is 2.57 bits per heavy atom. The first-order valence-electron chi connectivity index (χ1n) is 5.75. The molecule has 1 heterocycles. The summed E-state index contributed by atoms with van der Waals surface area (Å²) < 4.78 is 6.24. The van der Waals surface area contributed by atoms with Gasteiger partial charge in [0.15, 0.2) is 5.76 Å². The predicted molar refractivity (Wildman–Crippen MR) is 83.4 cm³/mol. The lowest BCUT2D eigenvalue weighted by Crippen LogP contribution is -2.15. The highest BCUT2D eigenvalue weighted by atomic mass is 79.9. The molecule has 0 radical (unpaired) electrons. The number of amides is 1. The Morgan fingerprint density at radius 2 is 2.00 bits per heavy atom. The van der Waals surface area contributed by atoms with E-state index in [0.717, 1.165) is 0 Å². The summed E-state index contributed by atoms with van der Waals surface area (Å²) in [7, 11) is 0. The molecule has 0 aliphatic carbocycles. The first-order chi connectivity index (χ1) is 9.92. The van der Waals surface area contributed by atoms with Crippen molar-refractivity contribution in [3.63, 3.8) is 0 Å². The third-order valence-electron chi connectivity index (χ3n) is 2.61. The van der Waals surface area contributed by atoms with Crippen molar-refractivity contribution >= 4 is 49.4 Å². The lowest BCUT2D eigenvalue weighted by molar-refractivity contribution is 0.0698. The summed E-state index contributed by atoms with van der Waals surface area (Å²) in [6.07, 6.45) is 0. The number of aromatic carboxylic acids is 1. The largest absolute Gasteiger partial charge is 0.478 e. The van der Waals surface area contributed by atoms with Crippen LogP contribution in [-0.4, -0.2) is 17.0 Å². The van der Waals surface area contributed by atoms with Gasteiger partial charge in [-0.05, 0) is 40.2 Å². The van der Waals surface area contributed by atoms with Gasteiger partial charge in [0, 0.05) is 8.95 Å². The summed E-state index contributed by atoms with van der Waals surface area (Å²) in [6.45, 7) is 0.176. The van der Waals surface area contributed by atoms with Crippen LogP contribution in [0.5, 0.6) is 0 Å². The molecule has 1 amide bonds. The van der Waals surface area contributed by atoms with E-state index in [2.05, 4.69) is 37.2 Å². The molecule has 1 aromatic carbocycles. The summed E-state index contributed by atoms with van der Waals surface area (Å²) in [4.78, 5) is 23.3. The maximum absolute atomic E-state index is 12.1. The zero-order valence-electron chi connectivity index (χ0n) is 10.5. The van der Waals surface area contributed by atoms with Gasteiger partial charge in [-0.1, -0.05) is 15.9 Å². The van der Waals surface area contributed by atoms with E-state index in [-0.39, 0.29) is 23.6 Å². The second kappa shape index (κ2) is 6.42. The monoisotopic (exact) mass is 416 g/mol. The van der Waals surface area contributed by atoms with E-state index in [1.54, 1.807) is 12.1 Å². The first-order valence-corrected chi connectivity index (χ1v) is 7.33. The second-order valence-electron chi connectivity index (χ2n) is 4.04. The van der Waals surface area contributed by atoms with E-state index in [0.29, 0.717) is 14.7 Å². The van der Waals surface area contributed by atoms with Gasteiger partial charge in [0.25, 0.3) is 5.91 Å². The first kappa shape index (κ1) is 15.7. The molecule has 0 fully saturated rings. The standard InChI is InChI=1S/C13H10Br2N2O4/c14-6-3-8(13(19)20)11(9(15)4-6)17-12(18)10-2-1-7(5-16)21-10/h1-4H,5,16H2,(H,17,18)(H,19,20). The molecule has 2 rings (SSSR count). The van der Waals surface area contributed by atoms with E-state index in [4.69, 9.17) is 10.2 Å². The highest BCUT2D eigenvalue weighted by Crippen LogP contribution is 2.31. The zero-order chi connectivity index (χ0) is 15.6. The number of halogens is 2. The molecule has 110 valence electrons. The minimum absolute atomic E-state index is 0.0461. The predicted octanol–water partition coefficient (Wildman–Crippen LogP) is 3.21. The van der Waals surface area contributed by atoms with Crippen LogP contribution in [0, 0.1) is 0 Å². The number of hydrogen-bond acceptors (Lipinski definition) is 4. The fourth-order valence-electron chi connectivity index (χ4n) is 1.65. The Balaban J connectivity index is 2.34. The Hall–Kier alpha value is -1.64. The summed E-state index contributed by atoms with van der Waals surface area (Å²) in [5, 5.41) is 11.7. The summed E-state index contributed by atoms with van der Waals surface area (Å²) in [5.74, 6) is -1.19. The number of nitrogens with two attached hydrogens (primary N) is 1. The smallest absolute Gasteiger partial charge is 0.337 e. The van der Waals surface area contributed by atoms with Crippen LogP contribution in [0.25, 0.3) is 0 Å². The molecule has 1 aromatic heterocycles. The number of carboxylic acid groups (broad SMARTS) is 1. The normalized spacial score (nSPS) is 10.4. The van der Waals surface area contributed by atoms with Gasteiger partial charge in [0.1, 0.15) is 5.76 Å². The van der Waals surface area contributed by atoms with Gasteiger partial charge in [0.05, 0.1) is 17.8 Å². The molecule has 6 nitrogen and oxygen atoms in total. The molecule has 0 aliphatic heterocycles. The Morgan fingerprint density at radius 1 is 1.29 bits per heavy atom. The highest BCUT2D eigenvalue weighted by Gasteiger charge is 2.19. The number of anilines is 1. The van der Waals surface area contributed by atoms with Gasteiger partial charge >= 0.3 is 5.97 Å². The van der Waals surface area contributed by atoms with Gasteiger partial charge in [0.2, 0.25) is 0 Å². The van der Waals surface area contributed by atoms with E-state index < -0.39 is 11.9 Å². The summed E-state index contributed by atoms with van der Waals surface area (Å²) in [5.41, 5.74) is 5.51. The van der Waals surface area contributed by atoms with Gasteiger partial charge in [-0.3, -0.25) is 4.79 Å². The van der Waals surface area contributed by atoms with Crippen molar-refractivity contribution in [3.05, 3.63) is 50.3 Å². The maximum Gasteiger partial charge on any atom is 0.337 e. The average Bonchev–Trinajstić information content (AvgIpc) is 2.90. The van der Waals surface area contributed by atoms with Crippen molar-refractivity contribution in [2.45, 2.75) is 6.54 Å². The number of nitrogens with one attached hydrogen (secondary N) is 1. The zero-order valence-corrected chi connectivity index (χ0v) is 13.7. The van der Waals surface area contributed by atoms with Gasteiger partial charge < -0.3 is 20.6 Å². The van der Waals surface area contributed by atoms with Crippen molar-refractivity contribution in [1.82, 2.24) is 0 Å². The third kappa shape index (κ3) is 3.52. The van der Waals surface area contributed by atoms with Crippen LogP contribution in [0.2, 0.25) is 0 Å². The van der Waals surface area contributed by atoms with E-state index in [9.17, 15) is 14.7 Å². The Labute approximate surface area is 136 Å². The van der Waals surface area contributed by atoms with Crippen molar-refractivity contribution in [1.29, 1.82) is 0 Å². The highest BCUT2D eigenvalue weighted by molar-refractivity contribution is 9.11. The number of hydrogen-bond donors (Lipinski definition) is 3. The van der Waals surface area contributed by atoms with E-state index in [1.807, 2.05) is 0 Å². The summed E-state index contributed by atoms with van der Waals surface area (Å²) >= 11 is 6.43. The maximum atomic E-state index is 12.1. The molecule has 21 heavy (non-hydrogen) atoms. The number of carbonyl (C=O) groups excluding carboxylic acids is 1. The number of furan rings is 1. The van der Waals surface area contributed by atoms with Crippen LogP contribution in [0.3, 0.4) is 0 Å². The average molecular weight is 418 g/mol. The van der Waals surface area contributed by atoms with Crippen LogP contribution in [0.15, 0.2) is 37.6 Å². The fraction of sp³-hybridized carbons (Fsp3) is 0.0769. The van der Waals surface area contributed by atoms with Crippen LogP contribution in [0.4, 0.5) is 5.69 Å². The Kier molecular flexibility index (Phi) is 4.81. The molecule has 4 N–H and O–H groups in total. The fourth-order valence-corrected chi connectivity index (χ4v) is 2.98. The molecule has 0 atom stereocenters. The van der Waals surface area contributed by atoms with E-state index >= 15 is 0 Å². The van der Waals surface area contributed by atoms with Crippen molar-refractivity contribution in [2.75, 3.05) is 5.32 Å². The quantitative estimate of drug-likeness (QED) is 0.708. The van der Waals surface area contributed by atoms with Crippen molar-refractivity contribution in [3.8, 4) is 0 Å². The topological polar surface area (TPSA) is 106 Å². The van der Waals surface area contributed by atoms with Gasteiger partial charge in [-0.15, -0.1) is 0 Å². The number of benzene rings is 1. The van der Waals surface area contributed by atoms with Gasteiger partial charge in [-0.25, -0.2) is 4.79 Å². The number of carboxylic acids is 1. The Bertz CT molecular complexity index is 712. The van der Waals surface area contributed by atoms with Crippen molar-refractivity contribution < 1.29 is 19.1 Å². The van der Waals surface area contributed by atoms with Gasteiger partial charge in [-0.2, -0.15) is 0 Å². The molecule has 0 saturated heterocycles. The van der Waals surface area contributed by atoms with Crippen LogP contribution < -0.4 is 11.1 Å². The third-order valence-corrected chi connectivity index (χ3v) is 3.69. The molecule has 0 spiro atoms. The van der Waals surface area contributed by atoms with Crippen LogP contribution in [-0.2, 0) is 6.54 Å². The lowest BCUT2D eigenvalue weighted by Gasteiger charge is -2.10. The van der Waals surface area contributed by atoms with Crippen molar-refractivity contribution in [2.24, 2.45) is 5.73 Å². The SMILES string of the molecule is NCc1ccc(C(=O)Nc2c(Br)cc(Br)cc2C(=O)O)o1. The lowest BCUT2D eigenvalue weighted by atomic mass is 10.1. The molecule has 0 bridgehead atoms. The van der Waals surface area contributed by atoms with Crippen LogP contribution in [0.1, 0.15) is 26.7 Å². The second-order valence-corrected chi connectivity index (χ2v) is 5.81. The van der Waals surface area contributed by atoms with Crippen LogP contribution >= 0.6 is 31.9 Å². The summed E-state index contributed by atoms with van der Waals surface area (Å²) in [6, 6.07) is 6.10. The minimum atomic E-state index is -1.16.